The Morgan fingerprint density at radius 2 is 1.46 bits per heavy atom. The Morgan fingerprint density at radius 3 is 2.17 bits per heavy atom. The van der Waals surface area contributed by atoms with Crippen LogP contribution in [0.2, 0.25) is 0 Å². The average molecular weight is 579 g/mol. The molecule has 14 nitrogen and oxygen atoms in total. The fraction of sp³-hybridized carbons (Fsp3) is 0.444. The molecular formula is C27H30O14. The number of aromatic hydroxyl groups is 2. The summed E-state index contributed by atoms with van der Waals surface area (Å²) in [6, 6.07) is 10.3. The van der Waals surface area contributed by atoms with Gasteiger partial charge in [0.2, 0.25) is 17.5 Å². The summed E-state index contributed by atoms with van der Waals surface area (Å²) < 4.78 is 28.1. The van der Waals surface area contributed by atoms with Crippen molar-refractivity contribution in [2.45, 2.75) is 68.3 Å². The molecule has 41 heavy (non-hydrogen) atoms. The summed E-state index contributed by atoms with van der Waals surface area (Å²) in [5.41, 5.74) is -0.682. The minimum Gasteiger partial charge on any atom is -0.508 e. The van der Waals surface area contributed by atoms with E-state index < -0.39 is 84.9 Å². The molecule has 10 atom stereocenters. The summed E-state index contributed by atoms with van der Waals surface area (Å²) in [6.07, 6.45) is -15.5. The number of benzene rings is 2. The molecule has 0 unspecified atom stereocenters. The SMILES string of the molecule is C[C@@H]1O[C@@H](OC[C@H]2O[C@@H](Oc3c(-c4ccccc4)oc4cc(O)cc(O)c4c3=O)[C@H](O)[C@@H](O)[C@@H]2O)[C@H](O)[C@@H](O)[C@H]1O. The van der Waals surface area contributed by atoms with Gasteiger partial charge >= 0.3 is 0 Å². The number of hydrogen-bond donors (Lipinski definition) is 8. The molecule has 2 aliphatic heterocycles. The van der Waals surface area contributed by atoms with Gasteiger partial charge in [0, 0.05) is 17.7 Å². The van der Waals surface area contributed by atoms with Crippen LogP contribution in [0.4, 0.5) is 0 Å². The van der Waals surface area contributed by atoms with Crippen molar-refractivity contribution in [3.8, 4) is 28.6 Å². The van der Waals surface area contributed by atoms with Gasteiger partial charge in [0.15, 0.2) is 12.1 Å². The van der Waals surface area contributed by atoms with Crippen molar-refractivity contribution >= 4 is 11.0 Å². The van der Waals surface area contributed by atoms with Gasteiger partial charge in [0.05, 0.1) is 12.7 Å². The normalized spacial score (nSPS) is 34.0. The third-order valence-electron chi connectivity index (χ3n) is 7.09. The predicted octanol–water partition coefficient (Wildman–Crippen LogP) is -1.10. The molecule has 2 aliphatic rings. The maximum absolute atomic E-state index is 13.5. The predicted molar refractivity (Wildman–Crippen MR) is 137 cm³/mol. The molecule has 0 amide bonds. The second kappa shape index (κ2) is 11.5. The van der Waals surface area contributed by atoms with Gasteiger partial charge in [-0.15, -0.1) is 0 Å². The minimum absolute atomic E-state index is 0.141. The summed E-state index contributed by atoms with van der Waals surface area (Å²) >= 11 is 0. The van der Waals surface area contributed by atoms with Crippen LogP contribution in [0.5, 0.6) is 17.2 Å². The second-order valence-electron chi connectivity index (χ2n) is 9.94. The third kappa shape index (κ3) is 5.49. The topological polar surface area (TPSA) is 229 Å². The quantitative estimate of drug-likeness (QED) is 0.174. The summed E-state index contributed by atoms with van der Waals surface area (Å²) in [6.45, 7) is 0.907. The van der Waals surface area contributed by atoms with Crippen LogP contribution in [0.1, 0.15) is 6.92 Å². The molecule has 0 radical (unpaired) electrons. The van der Waals surface area contributed by atoms with Crippen LogP contribution in [0.25, 0.3) is 22.3 Å². The molecule has 1 aromatic heterocycles. The largest absolute Gasteiger partial charge is 0.508 e. The Balaban J connectivity index is 1.45. The standard InChI is InChI=1S/C27H30O14/c1-10-17(30)20(33)22(35)26(38-10)37-9-15-18(31)21(34)23(36)27(40-15)41-25-19(32)16-13(29)7-12(28)8-14(16)39-24(25)11-5-3-2-4-6-11/h2-8,10,15,17-18,20-23,26-31,33-36H,9H2,1H3/t10-,15+,17-,18+,20-,21-,22+,23+,26+,27-/m0/s1. The van der Waals surface area contributed by atoms with Crippen molar-refractivity contribution in [3.05, 3.63) is 52.7 Å². The van der Waals surface area contributed by atoms with Crippen molar-refractivity contribution in [2.24, 2.45) is 0 Å². The first kappa shape index (κ1) is 29.2. The van der Waals surface area contributed by atoms with Crippen LogP contribution in [0.3, 0.4) is 0 Å². The number of fused-ring (bicyclic) bond motifs is 1. The van der Waals surface area contributed by atoms with E-state index in [1.165, 1.54) is 6.92 Å². The number of aliphatic hydroxyl groups excluding tert-OH is 6. The first-order valence-corrected chi connectivity index (χ1v) is 12.7. The Hall–Kier alpha value is -3.31. The van der Waals surface area contributed by atoms with Gasteiger partial charge in [-0.2, -0.15) is 0 Å². The molecule has 0 saturated carbocycles. The van der Waals surface area contributed by atoms with Crippen molar-refractivity contribution < 1.29 is 64.2 Å². The van der Waals surface area contributed by atoms with E-state index in [0.717, 1.165) is 12.1 Å². The van der Waals surface area contributed by atoms with Gasteiger partial charge in [0.25, 0.3) is 0 Å². The third-order valence-corrected chi connectivity index (χ3v) is 7.09. The fourth-order valence-electron chi connectivity index (χ4n) is 4.76. The first-order chi connectivity index (χ1) is 19.5. The van der Waals surface area contributed by atoms with E-state index in [-0.39, 0.29) is 22.5 Å². The molecule has 14 heteroatoms. The molecule has 3 heterocycles. The Labute approximate surface area is 231 Å². The molecule has 5 rings (SSSR count). The van der Waals surface area contributed by atoms with E-state index in [2.05, 4.69) is 0 Å². The van der Waals surface area contributed by atoms with Gasteiger partial charge in [-0.1, -0.05) is 30.3 Å². The lowest BCUT2D eigenvalue weighted by atomic mass is 9.98. The van der Waals surface area contributed by atoms with Crippen LogP contribution in [0, 0.1) is 0 Å². The Kier molecular flexibility index (Phi) is 8.20. The van der Waals surface area contributed by atoms with E-state index in [9.17, 15) is 45.6 Å². The molecular weight excluding hydrogens is 548 g/mol. The van der Waals surface area contributed by atoms with Crippen molar-refractivity contribution in [3.63, 3.8) is 0 Å². The number of ether oxygens (including phenoxy) is 4. The summed E-state index contributed by atoms with van der Waals surface area (Å²) in [4.78, 5) is 13.5. The molecule has 0 bridgehead atoms. The molecule has 3 aromatic rings. The van der Waals surface area contributed by atoms with E-state index in [0.29, 0.717) is 5.56 Å². The van der Waals surface area contributed by atoms with E-state index in [4.69, 9.17) is 23.4 Å². The number of aliphatic hydroxyl groups is 6. The lowest BCUT2D eigenvalue weighted by molar-refractivity contribution is -0.318. The van der Waals surface area contributed by atoms with Crippen molar-refractivity contribution in [2.75, 3.05) is 6.61 Å². The lowest BCUT2D eigenvalue weighted by Crippen LogP contribution is -2.61. The second-order valence-corrected chi connectivity index (χ2v) is 9.94. The van der Waals surface area contributed by atoms with Crippen molar-refractivity contribution in [1.29, 1.82) is 0 Å². The first-order valence-electron chi connectivity index (χ1n) is 12.7. The van der Waals surface area contributed by atoms with Gasteiger partial charge in [0.1, 0.15) is 65.2 Å². The van der Waals surface area contributed by atoms with Crippen molar-refractivity contribution in [1.82, 2.24) is 0 Å². The Morgan fingerprint density at radius 1 is 0.805 bits per heavy atom. The van der Waals surface area contributed by atoms with Gasteiger partial charge in [-0.25, -0.2) is 0 Å². The maximum atomic E-state index is 13.5. The average Bonchev–Trinajstić information content (AvgIpc) is 2.95. The molecule has 2 saturated heterocycles. The fourth-order valence-corrected chi connectivity index (χ4v) is 4.76. The van der Waals surface area contributed by atoms with Crippen LogP contribution < -0.4 is 10.2 Å². The Bertz CT molecular complexity index is 1430. The molecule has 222 valence electrons. The van der Waals surface area contributed by atoms with Gasteiger partial charge < -0.3 is 64.2 Å². The number of hydrogen-bond acceptors (Lipinski definition) is 14. The van der Waals surface area contributed by atoms with Gasteiger partial charge in [-0.3, -0.25) is 4.79 Å². The molecule has 0 aliphatic carbocycles. The zero-order valence-corrected chi connectivity index (χ0v) is 21.5. The summed E-state index contributed by atoms with van der Waals surface area (Å²) in [7, 11) is 0. The van der Waals surface area contributed by atoms with Crippen LogP contribution in [-0.2, 0) is 14.2 Å². The highest BCUT2D eigenvalue weighted by Gasteiger charge is 2.47. The molecule has 2 fully saturated rings. The minimum atomic E-state index is -1.87. The van der Waals surface area contributed by atoms with E-state index in [1.54, 1.807) is 30.3 Å². The van der Waals surface area contributed by atoms with Crippen LogP contribution >= 0.6 is 0 Å². The number of phenols is 2. The maximum Gasteiger partial charge on any atom is 0.239 e. The van der Waals surface area contributed by atoms with E-state index >= 15 is 0 Å². The highest BCUT2D eigenvalue weighted by Crippen LogP contribution is 2.37. The summed E-state index contributed by atoms with van der Waals surface area (Å²) in [5, 5.41) is 81.7. The molecule has 0 spiro atoms. The monoisotopic (exact) mass is 578 g/mol. The summed E-state index contributed by atoms with van der Waals surface area (Å²) in [5.74, 6) is -1.61. The number of rotatable bonds is 6. The number of phenolic OH excluding ortho intramolecular Hbond substituents is 2. The van der Waals surface area contributed by atoms with Crippen LogP contribution in [0.15, 0.2) is 51.7 Å². The zero-order valence-electron chi connectivity index (χ0n) is 21.5. The smallest absolute Gasteiger partial charge is 0.239 e. The zero-order chi connectivity index (χ0) is 29.6. The highest BCUT2D eigenvalue weighted by molar-refractivity contribution is 5.88. The lowest BCUT2D eigenvalue weighted by Gasteiger charge is -2.42. The van der Waals surface area contributed by atoms with Gasteiger partial charge in [-0.05, 0) is 6.92 Å². The molecule has 2 aromatic carbocycles. The van der Waals surface area contributed by atoms with E-state index in [1.807, 2.05) is 0 Å². The molecule has 8 N–H and O–H groups in total. The van der Waals surface area contributed by atoms with Crippen LogP contribution in [-0.4, -0.2) is 109 Å². The highest BCUT2D eigenvalue weighted by atomic mass is 16.7.